The second-order valence-corrected chi connectivity index (χ2v) is 5.78. The fourth-order valence-corrected chi connectivity index (χ4v) is 3.01. The fourth-order valence-electron chi connectivity index (χ4n) is 2.06. The lowest BCUT2D eigenvalue weighted by atomic mass is 10.2. The van der Waals surface area contributed by atoms with Crippen molar-refractivity contribution in [3.05, 3.63) is 48.0 Å². The lowest BCUT2D eigenvalue weighted by Crippen LogP contribution is -2.05. The predicted octanol–water partition coefficient (Wildman–Crippen LogP) is 4.23. The first-order chi connectivity index (χ1) is 9.61. The highest BCUT2D eigenvalue weighted by molar-refractivity contribution is 7.21. The molecule has 1 amide bonds. The molecule has 2 aromatic carbocycles. The molecule has 0 bridgehead atoms. The number of fused-ring (bicyclic) bond motifs is 1. The molecule has 3 rings (SSSR count). The van der Waals surface area contributed by atoms with Gasteiger partial charge in [0.15, 0.2) is 0 Å². The zero-order chi connectivity index (χ0) is 14.1. The first-order valence-corrected chi connectivity index (χ1v) is 7.19. The van der Waals surface area contributed by atoms with E-state index in [1.54, 1.807) is 11.3 Å². The molecular formula is C16H14N2OS. The number of carbonyl (C=O) groups excluding carboxylic acids is 1. The van der Waals surface area contributed by atoms with E-state index in [4.69, 9.17) is 0 Å². The molecule has 0 radical (unpaired) electrons. The van der Waals surface area contributed by atoms with E-state index in [1.807, 2.05) is 24.3 Å². The number of amides is 1. The molecule has 1 heterocycles. The summed E-state index contributed by atoms with van der Waals surface area (Å²) in [6, 6.07) is 14.1. The van der Waals surface area contributed by atoms with Crippen LogP contribution in [0.1, 0.15) is 12.5 Å². The molecule has 0 aliphatic heterocycles. The topological polar surface area (TPSA) is 42.0 Å². The second-order valence-electron chi connectivity index (χ2n) is 4.75. The Morgan fingerprint density at radius 3 is 2.60 bits per heavy atom. The molecule has 100 valence electrons. The summed E-state index contributed by atoms with van der Waals surface area (Å²) in [5.74, 6) is -0.0618. The smallest absolute Gasteiger partial charge is 0.221 e. The highest BCUT2D eigenvalue weighted by Gasteiger charge is 2.06. The molecular weight excluding hydrogens is 268 g/mol. The monoisotopic (exact) mass is 282 g/mol. The Hall–Kier alpha value is -2.20. The first-order valence-electron chi connectivity index (χ1n) is 6.37. The Bertz CT molecular complexity index is 775. The molecule has 0 spiro atoms. The van der Waals surface area contributed by atoms with E-state index >= 15 is 0 Å². The van der Waals surface area contributed by atoms with E-state index in [-0.39, 0.29) is 5.91 Å². The van der Waals surface area contributed by atoms with Crippen LogP contribution in [0.25, 0.3) is 20.8 Å². The van der Waals surface area contributed by atoms with E-state index < -0.39 is 0 Å². The van der Waals surface area contributed by atoms with Crippen molar-refractivity contribution in [3.8, 4) is 10.6 Å². The maximum absolute atomic E-state index is 11.0. The molecule has 1 aromatic heterocycles. The summed E-state index contributed by atoms with van der Waals surface area (Å²) in [5.41, 5.74) is 4.13. The predicted molar refractivity (Wildman–Crippen MR) is 84.1 cm³/mol. The molecule has 3 aromatic rings. The number of anilines is 1. The zero-order valence-electron chi connectivity index (χ0n) is 11.3. The van der Waals surface area contributed by atoms with Crippen LogP contribution < -0.4 is 5.32 Å². The second kappa shape index (κ2) is 5.06. The van der Waals surface area contributed by atoms with E-state index in [0.717, 1.165) is 21.8 Å². The van der Waals surface area contributed by atoms with Crippen LogP contribution >= 0.6 is 11.3 Å². The van der Waals surface area contributed by atoms with Crippen molar-refractivity contribution in [1.29, 1.82) is 0 Å². The van der Waals surface area contributed by atoms with Crippen molar-refractivity contribution >= 4 is 33.1 Å². The average molecular weight is 282 g/mol. The van der Waals surface area contributed by atoms with Crippen LogP contribution in [0, 0.1) is 6.92 Å². The largest absolute Gasteiger partial charge is 0.326 e. The van der Waals surface area contributed by atoms with Crippen molar-refractivity contribution in [2.24, 2.45) is 0 Å². The van der Waals surface area contributed by atoms with Gasteiger partial charge in [-0.1, -0.05) is 6.07 Å². The number of thiazole rings is 1. The van der Waals surface area contributed by atoms with Crippen molar-refractivity contribution in [2.45, 2.75) is 13.8 Å². The number of nitrogens with zero attached hydrogens (tertiary/aromatic N) is 1. The van der Waals surface area contributed by atoms with E-state index in [2.05, 4.69) is 35.4 Å². The van der Waals surface area contributed by atoms with Gasteiger partial charge in [0.2, 0.25) is 5.91 Å². The van der Waals surface area contributed by atoms with E-state index in [1.165, 1.54) is 17.2 Å². The van der Waals surface area contributed by atoms with Gasteiger partial charge in [-0.2, -0.15) is 0 Å². The van der Waals surface area contributed by atoms with Gasteiger partial charge in [-0.25, -0.2) is 4.98 Å². The zero-order valence-corrected chi connectivity index (χ0v) is 12.1. The average Bonchev–Trinajstić information content (AvgIpc) is 2.81. The summed E-state index contributed by atoms with van der Waals surface area (Å²) >= 11 is 1.68. The first kappa shape index (κ1) is 12.8. The molecule has 0 saturated heterocycles. The van der Waals surface area contributed by atoms with Gasteiger partial charge in [0.1, 0.15) is 5.01 Å². The van der Waals surface area contributed by atoms with Crippen LogP contribution in [0.3, 0.4) is 0 Å². The van der Waals surface area contributed by atoms with Crippen LogP contribution in [0.2, 0.25) is 0 Å². The van der Waals surface area contributed by atoms with Gasteiger partial charge >= 0.3 is 0 Å². The summed E-state index contributed by atoms with van der Waals surface area (Å²) in [6.45, 7) is 3.57. The molecule has 0 atom stereocenters. The van der Waals surface area contributed by atoms with Crippen LogP contribution in [0.4, 0.5) is 5.69 Å². The molecule has 20 heavy (non-hydrogen) atoms. The molecule has 0 fully saturated rings. The molecule has 0 saturated carbocycles. The maximum atomic E-state index is 11.0. The normalized spacial score (nSPS) is 10.7. The SMILES string of the molecule is CC(=O)Nc1ccc(-c2nc3cc(C)ccc3s2)cc1. The Balaban J connectivity index is 1.96. The van der Waals surface area contributed by atoms with E-state index in [9.17, 15) is 4.79 Å². The van der Waals surface area contributed by atoms with Gasteiger partial charge in [-0.05, 0) is 48.9 Å². The number of aryl methyl sites for hydroxylation is 1. The fraction of sp³-hybridized carbons (Fsp3) is 0.125. The van der Waals surface area contributed by atoms with Crippen LogP contribution in [0.15, 0.2) is 42.5 Å². The highest BCUT2D eigenvalue weighted by atomic mass is 32.1. The Morgan fingerprint density at radius 1 is 1.15 bits per heavy atom. The number of hydrogen-bond donors (Lipinski definition) is 1. The number of hydrogen-bond acceptors (Lipinski definition) is 3. The van der Waals surface area contributed by atoms with Gasteiger partial charge in [0.25, 0.3) is 0 Å². The summed E-state index contributed by atoms with van der Waals surface area (Å²) in [6.07, 6.45) is 0. The number of benzene rings is 2. The quantitative estimate of drug-likeness (QED) is 0.764. The molecule has 1 N–H and O–H groups in total. The van der Waals surface area contributed by atoms with Crippen molar-refractivity contribution in [3.63, 3.8) is 0 Å². The minimum absolute atomic E-state index is 0.0618. The number of rotatable bonds is 2. The lowest BCUT2D eigenvalue weighted by molar-refractivity contribution is -0.114. The van der Waals surface area contributed by atoms with Crippen molar-refractivity contribution in [2.75, 3.05) is 5.32 Å². The third-order valence-electron chi connectivity index (χ3n) is 3.00. The molecule has 3 nitrogen and oxygen atoms in total. The van der Waals surface area contributed by atoms with Crippen LogP contribution in [0.5, 0.6) is 0 Å². The Morgan fingerprint density at radius 2 is 1.90 bits per heavy atom. The summed E-state index contributed by atoms with van der Waals surface area (Å²) in [7, 11) is 0. The Labute approximate surface area is 121 Å². The third-order valence-corrected chi connectivity index (χ3v) is 4.08. The van der Waals surface area contributed by atoms with Crippen molar-refractivity contribution in [1.82, 2.24) is 4.98 Å². The van der Waals surface area contributed by atoms with Gasteiger partial charge in [0, 0.05) is 18.2 Å². The van der Waals surface area contributed by atoms with Crippen LogP contribution in [-0.4, -0.2) is 10.9 Å². The number of nitrogens with one attached hydrogen (secondary N) is 1. The number of carbonyl (C=O) groups is 1. The highest BCUT2D eigenvalue weighted by Crippen LogP contribution is 2.31. The summed E-state index contributed by atoms with van der Waals surface area (Å²) in [4.78, 5) is 15.7. The third kappa shape index (κ3) is 2.56. The lowest BCUT2D eigenvalue weighted by Gasteiger charge is -2.02. The van der Waals surface area contributed by atoms with Gasteiger partial charge in [-0.15, -0.1) is 11.3 Å². The van der Waals surface area contributed by atoms with E-state index in [0.29, 0.717) is 0 Å². The number of aromatic nitrogens is 1. The van der Waals surface area contributed by atoms with Crippen molar-refractivity contribution < 1.29 is 4.79 Å². The Kier molecular flexibility index (Phi) is 3.24. The van der Waals surface area contributed by atoms with Gasteiger partial charge in [-0.3, -0.25) is 4.79 Å². The molecule has 4 heteroatoms. The molecule has 0 unspecified atom stereocenters. The maximum Gasteiger partial charge on any atom is 0.221 e. The molecule has 0 aliphatic carbocycles. The van der Waals surface area contributed by atoms with Crippen LogP contribution in [-0.2, 0) is 4.79 Å². The summed E-state index contributed by atoms with van der Waals surface area (Å²) in [5, 5.41) is 3.76. The van der Waals surface area contributed by atoms with Gasteiger partial charge in [0.05, 0.1) is 10.2 Å². The summed E-state index contributed by atoms with van der Waals surface area (Å²) < 4.78 is 1.19. The minimum Gasteiger partial charge on any atom is -0.326 e. The molecule has 0 aliphatic rings. The standard InChI is InChI=1S/C16H14N2OS/c1-10-3-8-15-14(9-10)18-16(20-15)12-4-6-13(7-5-12)17-11(2)19/h3-9H,1-2H3,(H,17,19). The van der Waals surface area contributed by atoms with Gasteiger partial charge < -0.3 is 5.32 Å². The minimum atomic E-state index is -0.0618.